The average Bonchev–Trinajstić information content (AvgIpc) is 2.28. The first-order valence-electron chi connectivity index (χ1n) is 4.19. The lowest BCUT2D eigenvalue weighted by Crippen LogP contribution is -2.28. The van der Waals surface area contributed by atoms with Gasteiger partial charge in [0, 0.05) is 0 Å². The summed E-state index contributed by atoms with van der Waals surface area (Å²) in [6.07, 6.45) is -5.18. The highest BCUT2D eigenvalue weighted by atomic mass is 35.5. The number of halogens is 7. The number of alkyl halides is 3. The first kappa shape index (κ1) is 15.7. The summed E-state index contributed by atoms with van der Waals surface area (Å²) in [4.78, 5) is 10.7. The Morgan fingerprint density at radius 1 is 1.00 bits per heavy atom. The molecule has 0 amide bonds. The van der Waals surface area contributed by atoms with E-state index < -0.39 is 27.9 Å². The largest absolute Gasteiger partial charge is 0.491 e. The molecule has 0 atom stereocenters. The summed E-state index contributed by atoms with van der Waals surface area (Å²) in [7, 11) is 0. The molecule has 100 valence electrons. The standard InChI is InChI=1S/C9H3Cl4F3O2/c1-2-3(10)5(12)7(6(13)4(2)11)18-8(17)9(14,15)16/h1H3. The van der Waals surface area contributed by atoms with Crippen LogP contribution in [0.3, 0.4) is 0 Å². The molecular formula is C9H3Cl4F3O2. The first-order valence-corrected chi connectivity index (χ1v) is 5.70. The van der Waals surface area contributed by atoms with Crippen molar-refractivity contribution in [2.24, 2.45) is 0 Å². The van der Waals surface area contributed by atoms with Crippen molar-refractivity contribution in [2.75, 3.05) is 0 Å². The molecule has 0 unspecified atom stereocenters. The van der Waals surface area contributed by atoms with Crippen molar-refractivity contribution in [1.82, 2.24) is 0 Å². The molecule has 1 rings (SSSR count). The van der Waals surface area contributed by atoms with E-state index in [0.717, 1.165) is 0 Å². The van der Waals surface area contributed by atoms with Gasteiger partial charge in [-0.2, -0.15) is 13.2 Å². The summed E-state index contributed by atoms with van der Waals surface area (Å²) >= 11 is 22.7. The summed E-state index contributed by atoms with van der Waals surface area (Å²) in [5, 5.41) is -1.12. The summed E-state index contributed by atoms with van der Waals surface area (Å²) in [5.41, 5.74) is 0.264. The van der Waals surface area contributed by atoms with Gasteiger partial charge in [-0.1, -0.05) is 46.4 Å². The van der Waals surface area contributed by atoms with Crippen molar-refractivity contribution in [3.8, 4) is 5.75 Å². The molecular weight excluding hydrogens is 339 g/mol. The van der Waals surface area contributed by atoms with Gasteiger partial charge in [-0.25, -0.2) is 4.79 Å². The molecule has 0 N–H and O–H groups in total. The van der Waals surface area contributed by atoms with E-state index in [4.69, 9.17) is 46.4 Å². The lowest BCUT2D eigenvalue weighted by Gasteiger charge is -2.13. The summed E-state index contributed by atoms with van der Waals surface area (Å²) in [6.45, 7) is 1.46. The Kier molecular flexibility index (Phi) is 4.65. The maximum Gasteiger partial charge on any atom is 0.491 e. The molecule has 0 aliphatic rings. The predicted octanol–water partition coefficient (Wildman–Crippen LogP) is 5.08. The van der Waals surface area contributed by atoms with Crippen LogP contribution >= 0.6 is 46.4 Å². The Hall–Kier alpha value is -0.360. The van der Waals surface area contributed by atoms with Crippen LogP contribution in [-0.2, 0) is 4.79 Å². The fraction of sp³-hybridized carbons (Fsp3) is 0.222. The van der Waals surface area contributed by atoms with Gasteiger partial charge in [0.1, 0.15) is 10.0 Å². The average molecular weight is 342 g/mol. The minimum absolute atomic E-state index is 0.143. The molecule has 0 aromatic heterocycles. The van der Waals surface area contributed by atoms with Crippen molar-refractivity contribution in [3.63, 3.8) is 0 Å². The Morgan fingerprint density at radius 3 is 1.72 bits per heavy atom. The number of ether oxygens (including phenoxy) is 1. The predicted molar refractivity (Wildman–Crippen MR) is 62.9 cm³/mol. The van der Waals surface area contributed by atoms with Gasteiger partial charge in [0.2, 0.25) is 0 Å². The molecule has 0 radical (unpaired) electrons. The number of carbonyl (C=O) groups is 1. The smallest absolute Gasteiger partial charge is 0.417 e. The summed E-state index contributed by atoms with van der Waals surface area (Å²) in [6, 6.07) is 0. The number of rotatable bonds is 1. The van der Waals surface area contributed by atoms with Crippen molar-refractivity contribution in [2.45, 2.75) is 13.1 Å². The molecule has 0 aliphatic heterocycles. The van der Waals surface area contributed by atoms with E-state index in [-0.39, 0.29) is 15.6 Å². The zero-order valence-corrected chi connectivity index (χ0v) is 11.5. The number of hydrogen-bond acceptors (Lipinski definition) is 2. The molecule has 0 saturated heterocycles. The first-order chi connectivity index (χ1) is 8.07. The van der Waals surface area contributed by atoms with E-state index in [1.54, 1.807) is 0 Å². The van der Waals surface area contributed by atoms with Crippen LogP contribution < -0.4 is 4.74 Å². The van der Waals surface area contributed by atoms with E-state index in [0.29, 0.717) is 0 Å². The molecule has 0 spiro atoms. The third-order valence-corrected chi connectivity index (χ3v) is 3.73. The van der Waals surface area contributed by atoms with Crippen LogP contribution in [0.5, 0.6) is 5.75 Å². The molecule has 1 aromatic rings. The quantitative estimate of drug-likeness (QED) is 0.404. The van der Waals surface area contributed by atoms with Crippen molar-refractivity contribution in [1.29, 1.82) is 0 Å². The Labute approximate surface area is 120 Å². The van der Waals surface area contributed by atoms with Gasteiger partial charge >= 0.3 is 12.1 Å². The molecule has 0 fully saturated rings. The van der Waals surface area contributed by atoms with Gasteiger partial charge in [0.25, 0.3) is 0 Å². The van der Waals surface area contributed by atoms with Crippen LogP contribution in [0.1, 0.15) is 5.56 Å². The number of hydrogen-bond donors (Lipinski definition) is 0. The monoisotopic (exact) mass is 340 g/mol. The van der Waals surface area contributed by atoms with Crippen molar-refractivity contribution in [3.05, 3.63) is 25.7 Å². The van der Waals surface area contributed by atoms with E-state index in [9.17, 15) is 18.0 Å². The molecule has 9 heteroatoms. The zero-order chi connectivity index (χ0) is 14.2. The van der Waals surface area contributed by atoms with Crippen molar-refractivity contribution >= 4 is 52.4 Å². The minimum Gasteiger partial charge on any atom is -0.417 e. The maximum absolute atomic E-state index is 12.1. The van der Waals surface area contributed by atoms with E-state index in [1.807, 2.05) is 0 Å². The van der Waals surface area contributed by atoms with Crippen LogP contribution in [0.4, 0.5) is 13.2 Å². The Morgan fingerprint density at radius 2 is 1.39 bits per heavy atom. The van der Waals surface area contributed by atoms with Crippen LogP contribution in [0.25, 0.3) is 0 Å². The second-order valence-corrected chi connectivity index (χ2v) is 4.61. The normalized spacial score (nSPS) is 11.6. The number of esters is 1. The van der Waals surface area contributed by atoms with Gasteiger partial charge < -0.3 is 4.74 Å². The molecule has 0 saturated carbocycles. The summed E-state index contributed by atoms with van der Waals surface area (Å²) in [5.74, 6) is -3.19. The van der Waals surface area contributed by atoms with Gasteiger partial charge in [0.15, 0.2) is 5.75 Å². The highest BCUT2D eigenvalue weighted by Gasteiger charge is 2.42. The maximum atomic E-state index is 12.1. The second kappa shape index (κ2) is 5.33. The third kappa shape index (κ3) is 2.96. The molecule has 0 aliphatic carbocycles. The lowest BCUT2D eigenvalue weighted by molar-refractivity contribution is -0.189. The zero-order valence-electron chi connectivity index (χ0n) is 8.46. The Balaban J connectivity index is 3.31. The topological polar surface area (TPSA) is 26.3 Å². The highest BCUT2D eigenvalue weighted by molar-refractivity contribution is 6.49. The number of carbonyl (C=O) groups excluding carboxylic acids is 1. The minimum atomic E-state index is -5.18. The van der Waals surface area contributed by atoms with E-state index in [1.165, 1.54) is 6.92 Å². The fourth-order valence-electron chi connectivity index (χ4n) is 0.961. The van der Waals surface area contributed by atoms with Gasteiger partial charge in [-0.3, -0.25) is 0 Å². The molecule has 1 aromatic carbocycles. The second-order valence-electron chi connectivity index (χ2n) is 3.10. The molecule has 0 heterocycles. The van der Waals surface area contributed by atoms with Gasteiger partial charge in [-0.05, 0) is 12.5 Å². The number of benzene rings is 1. The lowest BCUT2D eigenvalue weighted by atomic mass is 10.2. The van der Waals surface area contributed by atoms with Crippen LogP contribution in [0.2, 0.25) is 20.1 Å². The summed E-state index contributed by atoms with van der Waals surface area (Å²) < 4.78 is 40.2. The van der Waals surface area contributed by atoms with Crippen LogP contribution in [-0.4, -0.2) is 12.1 Å². The molecule has 0 bridgehead atoms. The van der Waals surface area contributed by atoms with Crippen LogP contribution in [0.15, 0.2) is 0 Å². The van der Waals surface area contributed by atoms with Gasteiger partial charge in [-0.15, -0.1) is 0 Å². The Bertz CT molecular complexity index is 485. The molecule has 18 heavy (non-hydrogen) atoms. The highest BCUT2D eigenvalue weighted by Crippen LogP contribution is 2.46. The van der Waals surface area contributed by atoms with Crippen LogP contribution in [0, 0.1) is 6.92 Å². The SMILES string of the molecule is Cc1c(Cl)c(Cl)c(OC(=O)C(F)(F)F)c(Cl)c1Cl. The van der Waals surface area contributed by atoms with E-state index >= 15 is 0 Å². The fourth-order valence-corrected chi connectivity index (χ4v) is 1.97. The van der Waals surface area contributed by atoms with Crippen molar-refractivity contribution < 1.29 is 22.7 Å². The third-order valence-electron chi connectivity index (χ3n) is 1.87. The van der Waals surface area contributed by atoms with Gasteiger partial charge in [0.05, 0.1) is 10.0 Å². The molecule has 2 nitrogen and oxygen atoms in total. The van der Waals surface area contributed by atoms with E-state index in [2.05, 4.69) is 4.74 Å².